The van der Waals surface area contributed by atoms with Crippen LogP contribution in [0.5, 0.6) is 0 Å². The van der Waals surface area contributed by atoms with Gasteiger partial charge < -0.3 is 4.98 Å². The summed E-state index contributed by atoms with van der Waals surface area (Å²) in [6.07, 6.45) is 2.63. The van der Waals surface area contributed by atoms with Crippen molar-refractivity contribution in [2.24, 2.45) is 0 Å². The summed E-state index contributed by atoms with van der Waals surface area (Å²) >= 11 is 1.61. The van der Waals surface area contributed by atoms with Crippen molar-refractivity contribution in [2.75, 3.05) is 0 Å². The number of aromatic amines is 1. The van der Waals surface area contributed by atoms with Gasteiger partial charge >= 0.3 is 0 Å². The Morgan fingerprint density at radius 2 is 2.10 bits per heavy atom. The van der Waals surface area contributed by atoms with Crippen LogP contribution in [-0.2, 0) is 16.6 Å². The lowest BCUT2D eigenvalue weighted by molar-refractivity contribution is 0.578. The third-order valence-corrected chi connectivity index (χ3v) is 5.07. The van der Waals surface area contributed by atoms with E-state index in [2.05, 4.69) is 14.7 Å². The molecule has 0 atom stereocenters. The zero-order valence-electron chi connectivity index (χ0n) is 11.0. The average molecular weight is 319 g/mol. The summed E-state index contributed by atoms with van der Waals surface area (Å²) in [5.41, 5.74) is 3.06. The molecule has 0 unspecified atom stereocenters. The Bertz CT molecular complexity index is 810. The maximum absolute atomic E-state index is 12.1. The summed E-state index contributed by atoms with van der Waals surface area (Å²) < 4.78 is 26.8. The summed E-state index contributed by atoms with van der Waals surface area (Å²) in [6, 6.07) is 9.77. The van der Waals surface area contributed by atoms with E-state index >= 15 is 0 Å². The maximum Gasteiger partial charge on any atom is 0.257 e. The number of rotatable bonds is 5. The van der Waals surface area contributed by atoms with E-state index in [1.165, 1.54) is 12.5 Å². The average Bonchev–Trinajstić information content (AvgIpc) is 3.18. The van der Waals surface area contributed by atoms with Gasteiger partial charge in [-0.2, -0.15) is 11.3 Å². The predicted octanol–water partition coefficient (Wildman–Crippen LogP) is 2.62. The first-order valence-corrected chi connectivity index (χ1v) is 8.68. The topological polar surface area (TPSA) is 74.8 Å². The minimum absolute atomic E-state index is 0.0653. The molecule has 0 saturated carbocycles. The quantitative estimate of drug-likeness (QED) is 0.759. The first-order chi connectivity index (χ1) is 10.2. The lowest BCUT2D eigenvalue weighted by atomic mass is 10.0. The van der Waals surface area contributed by atoms with Gasteiger partial charge in [0.05, 0.1) is 12.5 Å². The van der Waals surface area contributed by atoms with Crippen LogP contribution in [0.4, 0.5) is 0 Å². The SMILES string of the molecule is O=S(=O)(NCc1ccccc1-c1ccsc1)c1cnc[nH]1. The smallest absolute Gasteiger partial charge is 0.257 e. The molecule has 0 aliphatic heterocycles. The van der Waals surface area contributed by atoms with E-state index in [4.69, 9.17) is 0 Å². The number of nitrogens with one attached hydrogen (secondary N) is 2. The fraction of sp³-hybridized carbons (Fsp3) is 0.0714. The zero-order chi connectivity index (χ0) is 14.7. The monoisotopic (exact) mass is 319 g/mol. The summed E-state index contributed by atoms with van der Waals surface area (Å²) in [4.78, 5) is 6.32. The molecular formula is C14H13N3O2S2. The number of sulfonamides is 1. The molecule has 0 aliphatic rings. The Morgan fingerprint density at radius 1 is 1.24 bits per heavy atom. The van der Waals surface area contributed by atoms with Crippen LogP contribution >= 0.6 is 11.3 Å². The first-order valence-electron chi connectivity index (χ1n) is 6.25. The first kappa shape index (κ1) is 14.0. The molecule has 21 heavy (non-hydrogen) atoms. The fourth-order valence-electron chi connectivity index (χ4n) is 2.01. The van der Waals surface area contributed by atoms with Gasteiger partial charge in [-0.25, -0.2) is 18.1 Å². The highest BCUT2D eigenvalue weighted by molar-refractivity contribution is 7.89. The predicted molar refractivity (Wildman–Crippen MR) is 82.4 cm³/mol. The van der Waals surface area contributed by atoms with E-state index in [0.717, 1.165) is 16.7 Å². The molecule has 0 spiro atoms. The molecule has 5 nitrogen and oxygen atoms in total. The Morgan fingerprint density at radius 3 is 2.81 bits per heavy atom. The molecule has 0 amide bonds. The summed E-state index contributed by atoms with van der Waals surface area (Å²) in [5, 5.41) is 4.11. The number of thiophene rings is 1. The molecule has 2 N–H and O–H groups in total. The minimum Gasteiger partial charge on any atom is -0.335 e. The highest BCUT2D eigenvalue weighted by Gasteiger charge is 2.16. The molecular weight excluding hydrogens is 306 g/mol. The van der Waals surface area contributed by atoms with E-state index in [0.29, 0.717) is 0 Å². The molecule has 0 saturated heterocycles. The Hall–Kier alpha value is -1.96. The summed E-state index contributed by atoms with van der Waals surface area (Å²) in [5.74, 6) is 0. The van der Waals surface area contributed by atoms with Gasteiger partial charge in [-0.15, -0.1) is 0 Å². The van der Waals surface area contributed by atoms with Crippen molar-refractivity contribution in [2.45, 2.75) is 11.6 Å². The van der Waals surface area contributed by atoms with Gasteiger partial charge in [-0.05, 0) is 33.5 Å². The lowest BCUT2D eigenvalue weighted by Gasteiger charge is -2.09. The molecule has 0 bridgehead atoms. The van der Waals surface area contributed by atoms with Gasteiger partial charge in [0.15, 0.2) is 5.03 Å². The van der Waals surface area contributed by atoms with Crippen molar-refractivity contribution in [3.05, 3.63) is 59.2 Å². The van der Waals surface area contributed by atoms with Crippen molar-refractivity contribution in [1.29, 1.82) is 0 Å². The second-order valence-electron chi connectivity index (χ2n) is 4.41. The fourth-order valence-corrected chi connectivity index (χ4v) is 3.58. The van der Waals surface area contributed by atoms with E-state index in [9.17, 15) is 8.42 Å². The number of hydrogen-bond donors (Lipinski definition) is 2. The molecule has 7 heteroatoms. The van der Waals surface area contributed by atoms with Crippen molar-refractivity contribution >= 4 is 21.4 Å². The van der Waals surface area contributed by atoms with Crippen LogP contribution in [0.15, 0.2) is 58.6 Å². The molecule has 2 heterocycles. The van der Waals surface area contributed by atoms with Crippen LogP contribution in [-0.4, -0.2) is 18.4 Å². The second-order valence-corrected chi connectivity index (χ2v) is 6.92. The van der Waals surface area contributed by atoms with Gasteiger partial charge in [0.2, 0.25) is 0 Å². The lowest BCUT2D eigenvalue weighted by Crippen LogP contribution is -2.23. The van der Waals surface area contributed by atoms with Crippen LogP contribution < -0.4 is 4.72 Å². The third-order valence-electron chi connectivity index (χ3n) is 3.06. The number of H-pyrrole nitrogens is 1. The Balaban J connectivity index is 1.84. The zero-order valence-corrected chi connectivity index (χ0v) is 12.6. The minimum atomic E-state index is -3.57. The normalized spacial score (nSPS) is 11.6. The molecule has 3 aromatic rings. The van der Waals surface area contributed by atoms with Crippen molar-refractivity contribution in [3.63, 3.8) is 0 Å². The van der Waals surface area contributed by atoms with Crippen LogP contribution in [0.25, 0.3) is 11.1 Å². The number of hydrogen-bond acceptors (Lipinski definition) is 4. The number of aromatic nitrogens is 2. The van der Waals surface area contributed by atoms with E-state index < -0.39 is 10.0 Å². The highest BCUT2D eigenvalue weighted by atomic mass is 32.2. The second kappa shape index (κ2) is 5.80. The molecule has 0 radical (unpaired) electrons. The summed E-state index contributed by atoms with van der Waals surface area (Å²) in [6.45, 7) is 0.230. The molecule has 0 fully saturated rings. The molecule has 3 rings (SSSR count). The van der Waals surface area contributed by atoms with Crippen LogP contribution in [0.1, 0.15) is 5.56 Å². The molecule has 108 valence electrons. The van der Waals surface area contributed by atoms with E-state index in [1.807, 2.05) is 41.1 Å². The largest absolute Gasteiger partial charge is 0.335 e. The summed E-state index contributed by atoms with van der Waals surface area (Å²) in [7, 11) is -3.57. The van der Waals surface area contributed by atoms with Gasteiger partial charge in [-0.3, -0.25) is 0 Å². The Kier molecular flexibility index (Phi) is 3.87. The van der Waals surface area contributed by atoms with Crippen LogP contribution in [0, 0.1) is 0 Å². The van der Waals surface area contributed by atoms with Crippen molar-refractivity contribution in [1.82, 2.24) is 14.7 Å². The van der Waals surface area contributed by atoms with Gasteiger partial charge in [0.25, 0.3) is 10.0 Å². The Labute approximate surface area is 126 Å². The number of benzene rings is 1. The van der Waals surface area contributed by atoms with Crippen LogP contribution in [0.2, 0.25) is 0 Å². The maximum atomic E-state index is 12.1. The molecule has 2 aromatic heterocycles. The van der Waals surface area contributed by atoms with Crippen LogP contribution in [0.3, 0.4) is 0 Å². The van der Waals surface area contributed by atoms with Crippen molar-refractivity contribution < 1.29 is 8.42 Å². The van der Waals surface area contributed by atoms with Gasteiger partial charge in [0.1, 0.15) is 0 Å². The van der Waals surface area contributed by atoms with E-state index in [-0.39, 0.29) is 11.6 Å². The van der Waals surface area contributed by atoms with Gasteiger partial charge in [-0.1, -0.05) is 24.3 Å². The van der Waals surface area contributed by atoms with Crippen molar-refractivity contribution in [3.8, 4) is 11.1 Å². The number of nitrogens with zero attached hydrogens (tertiary/aromatic N) is 1. The standard InChI is InChI=1S/C14H13N3O2S2/c18-21(19,14-8-15-10-16-14)17-7-11-3-1-2-4-13(11)12-5-6-20-9-12/h1-6,8-10,17H,7H2,(H,15,16). The molecule has 1 aromatic carbocycles. The third kappa shape index (κ3) is 3.05. The van der Waals surface area contributed by atoms with Gasteiger partial charge in [0, 0.05) is 6.54 Å². The van der Waals surface area contributed by atoms with E-state index in [1.54, 1.807) is 11.3 Å². The molecule has 0 aliphatic carbocycles. The number of imidazole rings is 1. The highest BCUT2D eigenvalue weighted by Crippen LogP contribution is 2.25.